The van der Waals surface area contributed by atoms with Crippen LogP contribution in [0.2, 0.25) is 0 Å². The molecule has 0 radical (unpaired) electrons. The predicted molar refractivity (Wildman–Crippen MR) is 89.6 cm³/mol. The summed E-state index contributed by atoms with van der Waals surface area (Å²) in [7, 11) is 3.71. The minimum Gasteiger partial charge on any atom is -0.344 e. The van der Waals surface area contributed by atoms with E-state index in [-0.39, 0.29) is 11.9 Å². The summed E-state index contributed by atoms with van der Waals surface area (Å²) in [6.45, 7) is 1.93. The Hall–Kier alpha value is -2.70. The second-order valence-corrected chi connectivity index (χ2v) is 6.48. The number of aromatic nitrogens is 5. The summed E-state index contributed by atoms with van der Waals surface area (Å²) in [6.07, 6.45) is 5.86. The monoisotopic (exact) mass is 324 g/mol. The van der Waals surface area contributed by atoms with E-state index >= 15 is 0 Å². The van der Waals surface area contributed by atoms with Crippen molar-refractivity contribution in [1.82, 2.24) is 29.9 Å². The maximum absolute atomic E-state index is 12.8. The first-order valence-electron chi connectivity index (χ1n) is 8.16. The molecule has 1 fully saturated rings. The highest BCUT2D eigenvalue weighted by atomic mass is 16.1. The highest BCUT2D eigenvalue weighted by Gasteiger charge is 2.28. The van der Waals surface area contributed by atoms with E-state index in [1.807, 2.05) is 39.3 Å². The van der Waals surface area contributed by atoms with Gasteiger partial charge in [0.1, 0.15) is 0 Å². The zero-order valence-corrected chi connectivity index (χ0v) is 14.0. The van der Waals surface area contributed by atoms with Gasteiger partial charge in [-0.2, -0.15) is 10.2 Å². The molecule has 0 spiro atoms. The van der Waals surface area contributed by atoms with Crippen molar-refractivity contribution in [2.75, 3.05) is 0 Å². The molecule has 1 aliphatic carbocycles. The van der Waals surface area contributed by atoms with Crippen LogP contribution >= 0.6 is 0 Å². The third-order valence-corrected chi connectivity index (χ3v) is 4.49. The number of pyridine rings is 1. The van der Waals surface area contributed by atoms with E-state index in [2.05, 4.69) is 20.5 Å². The molecule has 0 aliphatic heterocycles. The number of rotatable bonds is 4. The lowest BCUT2D eigenvalue weighted by Gasteiger charge is -2.13. The van der Waals surface area contributed by atoms with Crippen LogP contribution in [-0.2, 0) is 14.1 Å². The average Bonchev–Trinajstić information content (AvgIpc) is 3.22. The van der Waals surface area contributed by atoms with Crippen LogP contribution in [0.1, 0.15) is 53.5 Å². The number of nitrogens with one attached hydrogen (secondary N) is 1. The number of nitrogens with zero attached hydrogens (tertiary/aromatic N) is 5. The van der Waals surface area contributed by atoms with Crippen LogP contribution < -0.4 is 5.32 Å². The van der Waals surface area contributed by atoms with Gasteiger partial charge in [-0.1, -0.05) is 0 Å². The maximum Gasteiger partial charge on any atom is 0.252 e. The minimum absolute atomic E-state index is 0.115. The van der Waals surface area contributed by atoms with E-state index in [4.69, 9.17) is 0 Å². The molecule has 1 saturated carbocycles. The third-order valence-electron chi connectivity index (χ3n) is 4.49. The second-order valence-electron chi connectivity index (χ2n) is 6.48. The molecule has 1 N–H and O–H groups in total. The summed E-state index contributed by atoms with van der Waals surface area (Å²) in [4.78, 5) is 17.5. The first kappa shape index (κ1) is 14.9. The molecule has 24 heavy (non-hydrogen) atoms. The topological polar surface area (TPSA) is 77.6 Å². The van der Waals surface area contributed by atoms with Crippen molar-refractivity contribution in [2.24, 2.45) is 14.1 Å². The fourth-order valence-corrected chi connectivity index (χ4v) is 2.92. The molecule has 7 nitrogen and oxygen atoms in total. The third kappa shape index (κ3) is 2.55. The van der Waals surface area contributed by atoms with E-state index in [1.165, 1.54) is 0 Å². The Morgan fingerprint density at radius 1 is 1.38 bits per heavy atom. The van der Waals surface area contributed by atoms with Crippen LogP contribution in [0, 0.1) is 0 Å². The van der Waals surface area contributed by atoms with Gasteiger partial charge in [-0.3, -0.25) is 14.2 Å². The molecule has 124 valence electrons. The molecule has 3 aromatic heterocycles. The average molecular weight is 324 g/mol. The molecule has 0 unspecified atom stereocenters. The number of fused-ring (bicyclic) bond motifs is 1. The number of carbonyl (C=O) groups is 1. The van der Waals surface area contributed by atoms with E-state index in [0.717, 1.165) is 35.3 Å². The molecule has 4 rings (SSSR count). The summed E-state index contributed by atoms with van der Waals surface area (Å²) in [6, 6.07) is 3.66. The smallest absolute Gasteiger partial charge is 0.252 e. The fraction of sp³-hybridized carbons (Fsp3) is 0.412. The number of aryl methyl sites for hydroxylation is 2. The summed E-state index contributed by atoms with van der Waals surface area (Å²) in [5.41, 5.74) is 3.22. The molecular formula is C17H20N6O. The molecule has 1 aliphatic rings. The lowest BCUT2D eigenvalue weighted by Crippen LogP contribution is -2.27. The highest BCUT2D eigenvalue weighted by Crippen LogP contribution is 2.40. The molecule has 3 aromatic rings. The van der Waals surface area contributed by atoms with Crippen LogP contribution in [0.4, 0.5) is 0 Å². The molecule has 3 heterocycles. The Morgan fingerprint density at radius 3 is 2.83 bits per heavy atom. The van der Waals surface area contributed by atoms with Crippen LogP contribution in [0.25, 0.3) is 11.0 Å². The molecule has 1 atom stereocenters. The molecule has 0 bridgehead atoms. The van der Waals surface area contributed by atoms with Crippen molar-refractivity contribution in [3.8, 4) is 0 Å². The van der Waals surface area contributed by atoms with E-state index in [1.54, 1.807) is 15.6 Å². The Balaban J connectivity index is 1.68. The van der Waals surface area contributed by atoms with Crippen molar-refractivity contribution in [2.45, 2.75) is 31.7 Å². The van der Waals surface area contributed by atoms with Crippen molar-refractivity contribution in [3.05, 3.63) is 41.5 Å². The number of amides is 1. The summed E-state index contributed by atoms with van der Waals surface area (Å²) >= 11 is 0. The van der Waals surface area contributed by atoms with Crippen LogP contribution in [-0.4, -0.2) is 30.5 Å². The number of hydrogen-bond acceptors (Lipinski definition) is 4. The Morgan fingerprint density at radius 2 is 2.17 bits per heavy atom. The first-order valence-corrected chi connectivity index (χ1v) is 8.16. The van der Waals surface area contributed by atoms with Gasteiger partial charge >= 0.3 is 0 Å². The zero-order valence-electron chi connectivity index (χ0n) is 14.0. The zero-order chi connectivity index (χ0) is 16.8. The van der Waals surface area contributed by atoms with E-state index in [0.29, 0.717) is 11.5 Å². The highest BCUT2D eigenvalue weighted by molar-refractivity contribution is 6.05. The molecule has 7 heteroatoms. The quantitative estimate of drug-likeness (QED) is 0.797. The van der Waals surface area contributed by atoms with Crippen LogP contribution in [0.5, 0.6) is 0 Å². The Bertz CT molecular complexity index is 920. The lowest BCUT2D eigenvalue weighted by atomic mass is 10.1. The standard InChI is InChI=1S/C17H20N6O/c1-10(14-6-7-22(2)21-14)19-17(24)12-8-15(11-4-5-11)20-16-13(12)9-18-23(16)3/h6-11H,4-5H2,1-3H3,(H,19,24)/t10-/m1/s1. The van der Waals surface area contributed by atoms with Crippen molar-refractivity contribution in [3.63, 3.8) is 0 Å². The van der Waals surface area contributed by atoms with Gasteiger partial charge in [-0.05, 0) is 31.9 Å². The van der Waals surface area contributed by atoms with Gasteiger partial charge in [0, 0.05) is 31.9 Å². The van der Waals surface area contributed by atoms with Gasteiger partial charge in [-0.25, -0.2) is 4.98 Å². The number of carbonyl (C=O) groups excluding carboxylic acids is 1. The summed E-state index contributed by atoms with van der Waals surface area (Å²) in [5, 5.41) is 12.4. The van der Waals surface area contributed by atoms with Gasteiger partial charge in [0.25, 0.3) is 5.91 Å². The minimum atomic E-state index is -0.164. The van der Waals surface area contributed by atoms with Crippen LogP contribution in [0.3, 0.4) is 0 Å². The predicted octanol–water partition coefficient (Wildman–Crippen LogP) is 2.07. The van der Waals surface area contributed by atoms with Crippen molar-refractivity contribution < 1.29 is 4.79 Å². The molecule has 1 amide bonds. The number of hydrogen-bond donors (Lipinski definition) is 1. The largest absolute Gasteiger partial charge is 0.344 e. The SMILES string of the molecule is C[C@@H](NC(=O)c1cc(C2CC2)nc2c1cnn2C)c1ccn(C)n1. The molecule has 0 aromatic carbocycles. The van der Waals surface area contributed by atoms with Gasteiger partial charge in [0.2, 0.25) is 0 Å². The van der Waals surface area contributed by atoms with Crippen LogP contribution in [0.15, 0.2) is 24.5 Å². The van der Waals surface area contributed by atoms with Gasteiger partial charge in [0.15, 0.2) is 5.65 Å². The van der Waals surface area contributed by atoms with E-state index < -0.39 is 0 Å². The Kier molecular flexibility index (Phi) is 3.37. The fourth-order valence-electron chi connectivity index (χ4n) is 2.92. The van der Waals surface area contributed by atoms with Crippen molar-refractivity contribution >= 4 is 16.9 Å². The maximum atomic E-state index is 12.8. The summed E-state index contributed by atoms with van der Waals surface area (Å²) in [5.74, 6) is 0.361. The van der Waals surface area contributed by atoms with Gasteiger partial charge in [-0.15, -0.1) is 0 Å². The Labute approximate surface area is 139 Å². The molecule has 0 saturated heterocycles. The van der Waals surface area contributed by atoms with Gasteiger partial charge < -0.3 is 5.32 Å². The normalized spacial score (nSPS) is 15.6. The van der Waals surface area contributed by atoms with Crippen molar-refractivity contribution in [1.29, 1.82) is 0 Å². The summed E-state index contributed by atoms with van der Waals surface area (Å²) < 4.78 is 3.45. The molecular weight excluding hydrogens is 304 g/mol. The second kappa shape index (κ2) is 5.43. The first-order chi connectivity index (χ1) is 11.5. The van der Waals surface area contributed by atoms with E-state index in [9.17, 15) is 4.79 Å². The lowest BCUT2D eigenvalue weighted by molar-refractivity contribution is 0.0940. The van der Waals surface area contributed by atoms with Gasteiger partial charge in [0.05, 0.1) is 28.9 Å².